The molecule has 4 rings (SSSR count). The van der Waals surface area contributed by atoms with E-state index in [1.807, 2.05) is 26.0 Å². The Morgan fingerprint density at radius 2 is 2.11 bits per heavy atom. The average molecular weight is 388 g/mol. The van der Waals surface area contributed by atoms with Crippen molar-refractivity contribution in [2.24, 2.45) is 0 Å². The molecule has 0 N–H and O–H groups in total. The minimum Gasteiger partial charge on any atom is -0.453 e. The molecular weight excluding hydrogens is 362 g/mol. The third kappa shape index (κ3) is 3.73. The van der Waals surface area contributed by atoms with Gasteiger partial charge < -0.3 is 14.0 Å². The molecule has 2 aromatic rings. The Kier molecular flexibility index (Phi) is 5.19. The van der Waals surface area contributed by atoms with Crippen LogP contribution in [0.5, 0.6) is 0 Å². The van der Waals surface area contributed by atoms with Crippen LogP contribution in [0.15, 0.2) is 12.1 Å². The van der Waals surface area contributed by atoms with E-state index in [9.17, 15) is 9.59 Å². The van der Waals surface area contributed by atoms with Crippen molar-refractivity contribution in [2.75, 3.05) is 13.2 Å². The predicted octanol–water partition coefficient (Wildman–Crippen LogP) is 3.87. The molecule has 3 heterocycles. The number of ketones is 1. The van der Waals surface area contributed by atoms with Gasteiger partial charge in [-0.3, -0.25) is 4.79 Å². The first kappa shape index (κ1) is 18.4. The highest BCUT2D eigenvalue weighted by molar-refractivity contribution is 7.14. The minimum absolute atomic E-state index is 0.154. The average Bonchev–Trinajstić information content (AvgIpc) is 3.40. The molecular formula is C21H25NO4S. The van der Waals surface area contributed by atoms with Crippen LogP contribution in [0.1, 0.15) is 61.1 Å². The van der Waals surface area contributed by atoms with Crippen molar-refractivity contribution >= 4 is 23.1 Å². The molecule has 0 unspecified atom stereocenters. The van der Waals surface area contributed by atoms with Crippen molar-refractivity contribution in [3.8, 4) is 0 Å². The second-order valence-corrected chi connectivity index (χ2v) is 8.58. The van der Waals surface area contributed by atoms with E-state index in [-0.39, 0.29) is 18.5 Å². The third-order valence-electron chi connectivity index (χ3n) is 5.57. The molecule has 0 saturated carbocycles. The first-order valence-corrected chi connectivity index (χ1v) is 10.4. The number of aromatic nitrogens is 1. The fourth-order valence-electron chi connectivity index (χ4n) is 4.07. The quantitative estimate of drug-likeness (QED) is 0.558. The SMILES string of the molecule is Cc1cc(C(=O)COC(=O)c2cc3c(s2)CCC3)c(C)n1C[C@@H]1CCCO1. The molecule has 0 amide bonds. The van der Waals surface area contributed by atoms with E-state index in [2.05, 4.69) is 4.57 Å². The van der Waals surface area contributed by atoms with Gasteiger partial charge in [0.2, 0.25) is 5.78 Å². The van der Waals surface area contributed by atoms with Gasteiger partial charge in [0, 0.05) is 35.0 Å². The lowest BCUT2D eigenvalue weighted by atomic mass is 10.1. The van der Waals surface area contributed by atoms with Gasteiger partial charge in [-0.05, 0) is 63.6 Å². The number of nitrogens with zero attached hydrogens (tertiary/aromatic N) is 1. The van der Waals surface area contributed by atoms with Gasteiger partial charge in [-0.1, -0.05) is 0 Å². The van der Waals surface area contributed by atoms with Crippen LogP contribution in [-0.2, 0) is 28.9 Å². The molecule has 5 nitrogen and oxygen atoms in total. The summed E-state index contributed by atoms with van der Waals surface area (Å²) in [6.45, 7) is 5.31. The van der Waals surface area contributed by atoms with E-state index < -0.39 is 5.97 Å². The zero-order valence-electron chi connectivity index (χ0n) is 15.9. The number of rotatable bonds is 6. The lowest BCUT2D eigenvalue weighted by molar-refractivity contribution is 0.0479. The van der Waals surface area contributed by atoms with E-state index in [4.69, 9.17) is 9.47 Å². The summed E-state index contributed by atoms with van der Waals surface area (Å²) in [7, 11) is 0. The molecule has 6 heteroatoms. The molecule has 0 spiro atoms. The minimum atomic E-state index is -0.393. The van der Waals surface area contributed by atoms with Gasteiger partial charge in [0.25, 0.3) is 0 Å². The summed E-state index contributed by atoms with van der Waals surface area (Å²) in [4.78, 5) is 26.8. The van der Waals surface area contributed by atoms with Crippen LogP contribution in [0, 0.1) is 13.8 Å². The largest absolute Gasteiger partial charge is 0.453 e. The van der Waals surface area contributed by atoms with Gasteiger partial charge in [0.15, 0.2) is 6.61 Å². The van der Waals surface area contributed by atoms with E-state index in [0.717, 1.165) is 56.6 Å². The Morgan fingerprint density at radius 3 is 2.85 bits per heavy atom. The normalized spacial score (nSPS) is 18.7. The van der Waals surface area contributed by atoms with Crippen LogP contribution in [-0.4, -0.2) is 35.6 Å². The molecule has 27 heavy (non-hydrogen) atoms. The fourth-order valence-corrected chi connectivity index (χ4v) is 5.21. The number of ether oxygens (including phenoxy) is 2. The van der Waals surface area contributed by atoms with Crippen molar-refractivity contribution in [1.29, 1.82) is 0 Å². The topological polar surface area (TPSA) is 57.5 Å². The second kappa shape index (κ2) is 7.60. The number of carbonyl (C=O) groups is 2. The molecule has 144 valence electrons. The molecule has 2 aromatic heterocycles. The first-order valence-electron chi connectivity index (χ1n) is 9.63. The standard InChI is InChI=1S/C21H25NO4S/c1-13-9-17(14(2)22(13)11-16-6-4-8-25-16)18(23)12-26-21(24)20-10-15-5-3-7-19(15)27-20/h9-10,16H,3-8,11-12H2,1-2H3/t16-/m0/s1. The van der Waals surface area contributed by atoms with Crippen LogP contribution in [0.2, 0.25) is 0 Å². The number of hydrogen-bond donors (Lipinski definition) is 0. The molecule has 1 fully saturated rings. The zero-order valence-corrected chi connectivity index (χ0v) is 16.7. The molecule has 1 aliphatic carbocycles. The Hall–Kier alpha value is -1.92. The van der Waals surface area contributed by atoms with Crippen molar-refractivity contribution in [1.82, 2.24) is 4.57 Å². The maximum Gasteiger partial charge on any atom is 0.348 e. The summed E-state index contributed by atoms with van der Waals surface area (Å²) >= 11 is 1.50. The summed E-state index contributed by atoms with van der Waals surface area (Å²) in [5.41, 5.74) is 3.84. The number of aryl methyl sites for hydroxylation is 3. The predicted molar refractivity (Wildman–Crippen MR) is 104 cm³/mol. The van der Waals surface area contributed by atoms with Crippen LogP contribution in [0.4, 0.5) is 0 Å². The highest BCUT2D eigenvalue weighted by Gasteiger charge is 2.23. The van der Waals surface area contributed by atoms with Crippen LogP contribution < -0.4 is 0 Å². The summed E-state index contributed by atoms with van der Waals surface area (Å²) in [6.07, 6.45) is 5.62. The lowest BCUT2D eigenvalue weighted by Gasteiger charge is -2.14. The van der Waals surface area contributed by atoms with Crippen molar-refractivity contribution < 1.29 is 19.1 Å². The highest BCUT2D eigenvalue weighted by atomic mass is 32.1. The van der Waals surface area contributed by atoms with Gasteiger partial charge in [0.05, 0.1) is 6.10 Å². The number of hydrogen-bond acceptors (Lipinski definition) is 5. The Morgan fingerprint density at radius 1 is 1.26 bits per heavy atom. The van der Waals surface area contributed by atoms with Gasteiger partial charge in [-0.15, -0.1) is 11.3 Å². The van der Waals surface area contributed by atoms with E-state index in [0.29, 0.717) is 10.4 Å². The summed E-state index contributed by atoms with van der Waals surface area (Å²) in [6, 6.07) is 3.81. The van der Waals surface area contributed by atoms with E-state index >= 15 is 0 Å². The molecule has 1 saturated heterocycles. The van der Waals surface area contributed by atoms with Crippen LogP contribution in [0.3, 0.4) is 0 Å². The Balaban J connectivity index is 1.39. The number of esters is 1. The molecule has 2 aliphatic rings. The molecule has 0 bridgehead atoms. The number of carbonyl (C=O) groups excluding carboxylic acids is 2. The van der Waals surface area contributed by atoms with Gasteiger partial charge in [-0.2, -0.15) is 0 Å². The lowest BCUT2D eigenvalue weighted by Crippen LogP contribution is -2.18. The molecule has 1 aliphatic heterocycles. The number of thiophene rings is 1. The highest BCUT2D eigenvalue weighted by Crippen LogP contribution is 2.31. The third-order valence-corrected chi connectivity index (χ3v) is 6.78. The maximum absolute atomic E-state index is 12.6. The van der Waals surface area contributed by atoms with Gasteiger partial charge >= 0.3 is 5.97 Å². The summed E-state index contributed by atoms with van der Waals surface area (Å²) in [5, 5.41) is 0. The molecule has 0 aromatic carbocycles. The van der Waals surface area contributed by atoms with Crippen LogP contribution >= 0.6 is 11.3 Å². The fraction of sp³-hybridized carbons (Fsp3) is 0.524. The smallest absolute Gasteiger partial charge is 0.348 e. The Bertz CT molecular complexity index is 852. The maximum atomic E-state index is 12.6. The first-order chi connectivity index (χ1) is 13.0. The summed E-state index contributed by atoms with van der Waals surface area (Å²) in [5.74, 6) is -0.546. The Labute approximate surface area is 163 Å². The second-order valence-electron chi connectivity index (χ2n) is 7.44. The van der Waals surface area contributed by atoms with Crippen molar-refractivity contribution in [2.45, 2.75) is 58.6 Å². The van der Waals surface area contributed by atoms with Crippen molar-refractivity contribution in [3.63, 3.8) is 0 Å². The van der Waals surface area contributed by atoms with E-state index in [1.54, 1.807) is 0 Å². The van der Waals surface area contributed by atoms with E-state index in [1.165, 1.54) is 21.8 Å². The van der Waals surface area contributed by atoms with Crippen molar-refractivity contribution in [3.05, 3.63) is 44.4 Å². The van der Waals surface area contributed by atoms with Gasteiger partial charge in [-0.25, -0.2) is 4.79 Å². The zero-order chi connectivity index (χ0) is 19.0. The number of Topliss-reactive ketones (excluding diaryl/α,β-unsaturated/α-hetero) is 1. The molecule has 0 radical (unpaired) electrons. The number of fused-ring (bicyclic) bond motifs is 1. The van der Waals surface area contributed by atoms with Crippen LogP contribution in [0.25, 0.3) is 0 Å². The van der Waals surface area contributed by atoms with Gasteiger partial charge in [0.1, 0.15) is 4.88 Å². The monoisotopic (exact) mass is 387 g/mol. The molecule has 1 atom stereocenters. The summed E-state index contributed by atoms with van der Waals surface area (Å²) < 4.78 is 13.2.